The second-order valence-electron chi connectivity index (χ2n) is 3.59. The van der Waals surface area contributed by atoms with Crippen LogP contribution in [0.4, 0.5) is 13.2 Å². The summed E-state index contributed by atoms with van der Waals surface area (Å²) in [7, 11) is 1.72. The van der Waals surface area contributed by atoms with Crippen LogP contribution in [0.3, 0.4) is 0 Å². The Balaban J connectivity index is 2.51. The monoisotopic (exact) mass is 241 g/mol. The Bertz CT molecular complexity index is 537. The van der Waals surface area contributed by atoms with E-state index in [1.165, 1.54) is 12.3 Å². The van der Waals surface area contributed by atoms with Crippen LogP contribution in [0.15, 0.2) is 24.4 Å². The zero-order chi connectivity index (χ0) is 12.5. The smallest absolute Gasteiger partial charge is 0.313 e. The molecule has 0 aliphatic rings. The molecule has 0 fully saturated rings. The fourth-order valence-corrected chi connectivity index (χ4v) is 1.48. The van der Waals surface area contributed by atoms with Crippen molar-refractivity contribution < 1.29 is 13.2 Å². The van der Waals surface area contributed by atoms with Crippen LogP contribution < -0.4 is 5.32 Å². The maximum absolute atomic E-state index is 12.5. The van der Waals surface area contributed by atoms with Crippen molar-refractivity contribution in [2.45, 2.75) is 12.7 Å². The van der Waals surface area contributed by atoms with Crippen LogP contribution in [0.25, 0.3) is 10.9 Å². The summed E-state index contributed by atoms with van der Waals surface area (Å²) in [6, 6.07) is 3.45. The molecule has 0 amide bonds. The topological polar surface area (TPSA) is 37.8 Å². The van der Waals surface area contributed by atoms with Crippen LogP contribution in [0.1, 0.15) is 11.4 Å². The van der Waals surface area contributed by atoms with Gasteiger partial charge in [-0.25, -0.2) is 9.97 Å². The molecular formula is C11H10F3N3. The maximum Gasteiger partial charge on any atom is 0.416 e. The lowest BCUT2D eigenvalue weighted by molar-refractivity contribution is -0.137. The van der Waals surface area contributed by atoms with Crippen LogP contribution >= 0.6 is 0 Å². The Morgan fingerprint density at radius 1 is 1.29 bits per heavy atom. The summed E-state index contributed by atoms with van der Waals surface area (Å²) in [5.74, 6) is 0.472. The molecule has 0 unspecified atom stereocenters. The van der Waals surface area contributed by atoms with E-state index in [2.05, 4.69) is 15.3 Å². The molecule has 2 rings (SSSR count). The van der Waals surface area contributed by atoms with Gasteiger partial charge in [-0.2, -0.15) is 13.2 Å². The third-order valence-electron chi connectivity index (χ3n) is 2.29. The quantitative estimate of drug-likeness (QED) is 0.877. The van der Waals surface area contributed by atoms with Gasteiger partial charge in [-0.05, 0) is 19.2 Å². The standard InChI is InChI=1S/C11H10F3N3/c1-15-6-10-16-5-7-2-3-8(11(12,13)14)4-9(7)17-10/h2-5,15H,6H2,1H3. The number of nitrogens with one attached hydrogen (secondary N) is 1. The van der Waals surface area contributed by atoms with Crippen LogP contribution in [0, 0.1) is 0 Å². The first-order chi connectivity index (χ1) is 8.00. The highest BCUT2D eigenvalue weighted by Gasteiger charge is 2.30. The Labute approximate surface area is 95.7 Å². The summed E-state index contributed by atoms with van der Waals surface area (Å²) in [5, 5.41) is 3.44. The van der Waals surface area contributed by atoms with Gasteiger partial charge in [-0.1, -0.05) is 6.07 Å². The SMILES string of the molecule is CNCc1ncc2ccc(C(F)(F)F)cc2n1. The molecule has 0 aliphatic heterocycles. The van der Waals surface area contributed by atoms with Crippen molar-refractivity contribution in [1.29, 1.82) is 0 Å². The minimum absolute atomic E-state index is 0.306. The van der Waals surface area contributed by atoms with Crippen LogP contribution in [-0.2, 0) is 12.7 Å². The van der Waals surface area contributed by atoms with Gasteiger partial charge < -0.3 is 5.32 Å². The highest BCUT2D eigenvalue weighted by molar-refractivity contribution is 5.78. The first kappa shape index (κ1) is 11.8. The predicted molar refractivity (Wildman–Crippen MR) is 57.3 cm³/mol. The number of hydrogen-bond donors (Lipinski definition) is 1. The molecule has 0 spiro atoms. The highest BCUT2D eigenvalue weighted by Crippen LogP contribution is 2.30. The first-order valence-electron chi connectivity index (χ1n) is 4.98. The van der Waals surface area contributed by atoms with Crippen molar-refractivity contribution in [2.24, 2.45) is 0 Å². The van der Waals surface area contributed by atoms with E-state index in [0.717, 1.165) is 12.1 Å². The molecule has 0 radical (unpaired) electrons. The molecule has 1 aromatic heterocycles. The van der Waals surface area contributed by atoms with Gasteiger partial charge in [0.15, 0.2) is 0 Å². The minimum atomic E-state index is -4.34. The van der Waals surface area contributed by atoms with E-state index >= 15 is 0 Å². The van der Waals surface area contributed by atoms with Gasteiger partial charge in [0.1, 0.15) is 5.82 Å². The van der Waals surface area contributed by atoms with Crippen LogP contribution in [0.2, 0.25) is 0 Å². The van der Waals surface area contributed by atoms with Crippen molar-refractivity contribution >= 4 is 10.9 Å². The Hall–Kier alpha value is -1.69. The van der Waals surface area contributed by atoms with E-state index in [1.54, 1.807) is 7.05 Å². The zero-order valence-electron chi connectivity index (χ0n) is 9.04. The molecule has 1 aromatic carbocycles. The number of benzene rings is 1. The molecule has 0 aliphatic carbocycles. The number of fused-ring (bicyclic) bond motifs is 1. The fourth-order valence-electron chi connectivity index (χ4n) is 1.48. The molecular weight excluding hydrogens is 231 g/mol. The second-order valence-corrected chi connectivity index (χ2v) is 3.59. The molecule has 0 saturated heterocycles. The number of alkyl halides is 3. The number of halogens is 3. The lowest BCUT2D eigenvalue weighted by Crippen LogP contribution is -2.09. The lowest BCUT2D eigenvalue weighted by atomic mass is 10.1. The van der Waals surface area contributed by atoms with Crippen molar-refractivity contribution in [2.75, 3.05) is 7.05 Å². The molecule has 0 bridgehead atoms. The average molecular weight is 241 g/mol. The van der Waals surface area contributed by atoms with E-state index in [-0.39, 0.29) is 0 Å². The van der Waals surface area contributed by atoms with Crippen molar-refractivity contribution in [3.05, 3.63) is 35.8 Å². The Morgan fingerprint density at radius 3 is 2.71 bits per heavy atom. The Kier molecular flexibility index (Phi) is 2.97. The second kappa shape index (κ2) is 4.29. The third kappa shape index (κ3) is 2.52. The van der Waals surface area contributed by atoms with E-state index in [0.29, 0.717) is 23.3 Å². The molecule has 2 aromatic rings. The average Bonchev–Trinajstić information content (AvgIpc) is 2.27. The van der Waals surface area contributed by atoms with Crippen LogP contribution in [0.5, 0.6) is 0 Å². The van der Waals surface area contributed by atoms with Gasteiger partial charge in [0, 0.05) is 11.6 Å². The summed E-state index contributed by atoms with van der Waals surface area (Å²) in [6.45, 7) is 0.423. The number of rotatable bonds is 2. The normalized spacial score (nSPS) is 12.0. The van der Waals surface area contributed by atoms with Gasteiger partial charge in [0.2, 0.25) is 0 Å². The summed E-state index contributed by atoms with van der Waals surface area (Å²) >= 11 is 0. The van der Waals surface area contributed by atoms with E-state index in [1.807, 2.05) is 0 Å². The summed E-state index contributed by atoms with van der Waals surface area (Å²) in [5.41, 5.74) is -0.390. The number of aromatic nitrogens is 2. The summed E-state index contributed by atoms with van der Waals surface area (Å²) in [6.07, 6.45) is -2.82. The highest BCUT2D eigenvalue weighted by atomic mass is 19.4. The lowest BCUT2D eigenvalue weighted by Gasteiger charge is -2.07. The zero-order valence-corrected chi connectivity index (χ0v) is 9.04. The minimum Gasteiger partial charge on any atom is -0.313 e. The Morgan fingerprint density at radius 2 is 2.06 bits per heavy atom. The molecule has 0 atom stereocenters. The van der Waals surface area contributed by atoms with E-state index in [9.17, 15) is 13.2 Å². The predicted octanol–water partition coefficient (Wildman–Crippen LogP) is 2.37. The molecule has 17 heavy (non-hydrogen) atoms. The molecule has 6 heteroatoms. The van der Waals surface area contributed by atoms with Gasteiger partial charge in [0.05, 0.1) is 17.6 Å². The number of hydrogen-bond acceptors (Lipinski definition) is 3. The van der Waals surface area contributed by atoms with E-state index < -0.39 is 11.7 Å². The number of nitrogens with zero attached hydrogens (tertiary/aromatic N) is 2. The van der Waals surface area contributed by atoms with Gasteiger partial charge in [0.25, 0.3) is 0 Å². The van der Waals surface area contributed by atoms with E-state index in [4.69, 9.17) is 0 Å². The van der Waals surface area contributed by atoms with Crippen molar-refractivity contribution in [1.82, 2.24) is 15.3 Å². The van der Waals surface area contributed by atoms with Gasteiger partial charge in [-0.15, -0.1) is 0 Å². The molecule has 1 N–H and O–H groups in total. The molecule has 1 heterocycles. The summed E-state index contributed by atoms with van der Waals surface area (Å²) in [4.78, 5) is 8.10. The molecule has 3 nitrogen and oxygen atoms in total. The van der Waals surface area contributed by atoms with Crippen molar-refractivity contribution in [3.8, 4) is 0 Å². The van der Waals surface area contributed by atoms with Crippen LogP contribution in [-0.4, -0.2) is 17.0 Å². The third-order valence-corrected chi connectivity index (χ3v) is 2.29. The largest absolute Gasteiger partial charge is 0.416 e. The maximum atomic E-state index is 12.5. The van der Waals surface area contributed by atoms with Crippen molar-refractivity contribution in [3.63, 3.8) is 0 Å². The fraction of sp³-hybridized carbons (Fsp3) is 0.273. The summed E-state index contributed by atoms with van der Waals surface area (Å²) < 4.78 is 37.5. The van der Waals surface area contributed by atoms with Gasteiger partial charge in [-0.3, -0.25) is 0 Å². The van der Waals surface area contributed by atoms with Gasteiger partial charge >= 0.3 is 6.18 Å². The first-order valence-corrected chi connectivity index (χ1v) is 4.98. The molecule has 0 saturated carbocycles. The molecule has 90 valence electrons.